The van der Waals surface area contributed by atoms with Crippen LogP contribution < -0.4 is 10.6 Å². The van der Waals surface area contributed by atoms with E-state index in [-0.39, 0.29) is 12.6 Å². The number of aromatic nitrogens is 4. The fourth-order valence-corrected chi connectivity index (χ4v) is 2.25. The largest absolute Gasteiger partial charge is 0.390 e. The third kappa shape index (κ3) is 3.27. The Labute approximate surface area is 132 Å². The second kappa shape index (κ2) is 6.41. The van der Waals surface area contributed by atoms with Gasteiger partial charge >= 0.3 is 6.03 Å². The number of pyridine rings is 2. The van der Waals surface area contributed by atoms with E-state index in [1.54, 1.807) is 18.5 Å². The van der Waals surface area contributed by atoms with Gasteiger partial charge in [-0.25, -0.2) is 9.78 Å². The minimum atomic E-state index is -0.404. The highest BCUT2D eigenvalue weighted by Gasteiger charge is 2.13. The van der Waals surface area contributed by atoms with Crippen LogP contribution in [0.4, 0.5) is 10.6 Å². The van der Waals surface area contributed by atoms with Crippen LogP contribution >= 0.6 is 0 Å². The summed E-state index contributed by atoms with van der Waals surface area (Å²) in [6.07, 6.45) is 3.26. The van der Waals surface area contributed by atoms with Crippen molar-refractivity contribution in [3.8, 4) is 0 Å². The Balaban J connectivity index is 1.72. The maximum atomic E-state index is 12.1. The van der Waals surface area contributed by atoms with Crippen LogP contribution in [0.5, 0.6) is 0 Å². The Morgan fingerprint density at radius 3 is 3.04 bits per heavy atom. The van der Waals surface area contributed by atoms with Crippen LogP contribution in [-0.2, 0) is 6.61 Å². The topological polar surface area (TPSA) is 116 Å². The quantitative estimate of drug-likeness (QED) is 0.585. The normalized spacial score (nSPS) is 12.1. The monoisotopic (exact) mass is 312 g/mol. The highest BCUT2D eigenvalue weighted by Crippen LogP contribution is 2.19. The Morgan fingerprint density at radius 2 is 2.30 bits per heavy atom. The summed E-state index contributed by atoms with van der Waals surface area (Å²) in [5.41, 5.74) is 1.90. The number of amides is 2. The molecular weight excluding hydrogens is 296 g/mol. The lowest BCUT2D eigenvalue weighted by Gasteiger charge is -2.14. The number of hydrogen-bond donors (Lipinski definition) is 4. The molecule has 0 saturated carbocycles. The molecule has 4 N–H and O–H groups in total. The Kier molecular flexibility index (Phi) is 4.15. The first-order valence-electron chi connectivity index (χ1n) is 7.09. The number of rotatable bonds is 4. The first-order chi connectivity index (χ1) is 11.2. The van der Waals surface area contributed by atoms with Gasteiger partial charge in [-0.2, -0.15) is 5.10 Å². The van der Waals surface area contributed by atoms with Crippen LogP contribution in [-0.4, -0.2) is 31.3 Å². The Hall–Kier alpha value is -3.00. The minimum Gasteiger partial charge on any atom is -0.390 e. The van der Waals surface area contributed by atoms with Crippen LogP contribution in [0.1, 0.15) is 24.4 Å². The first-order valence-corrected chi connectivity index (χ1v) is 7.09. The number of nitrogens with one attached hydrogen (secondary N) is 3. The van der Waals surface area contributed by atoms with Gasteiger partial charge in [0.05, 0.1) is 35.8 Å². The van der Waals surface area contributed by atoms with Crippen molar-refractivity contribution >= 4 is 22.8 Å². The molecule has 0 saturated heterocycles. The third-order valence-corrected chi connectivity index (χ3v) is 3.39. The molecule has 3 aromatic heterocycles. The van der Waals surface area contributed by atoms with Crippen molar-refractivity contribution in [3.63, 3.8) is 0 Å². The second-order valence-electron chi connectivity index (χ2n) is 5.02. The molecule has 0 aliphatic rings. The van der Waals surface area contributed by atoms with E-state index in [4.69, 9.17) is 0 Å². The number of hydrogen-bond acceptors (Lipinski definition) is 5. The minimum absolute atomic E-state index is 0.239. The molecule has 0 spiro atoms. The molecule has 23 heavy (non-hydrogen) atoms. The average molecular weight is 312 g/mol. The third-order valence-electron chi connectivity index (χ3n) is 3.39. The molecule has 3 aromatic rings. The van der Waals surface area contributed by atoms with E-state index in [1.807, 2.05) is 25.1 Å². The maximum absolute atomic E-state index is 12.1. The molecular formula is C15H16N6O2. The lowest BCUT2D eigenvalue weighted by atomic mass is 10.2. The smallest absolute Gasteiger partial charge is 0.320 e. The van der Waals surface area contributed by atoms with E-state index in [0.717, 1.165) is 11.1 Å². The summed E-state index contributed by atoms with van der Waals surface area (Å²) in [5.74, 6) is 0.330. The number of urea groups is 1. The maximum Gasteiger partial charge on any atom is 0.320 e. The Bertz CT molecular complexity index is 817. The molecule has 3 heterocycles. The predicted molar refractivity (Wildman–Crippen MR) is 84.6 cm³/mol. The molecule has 0 aliphatic heterocycles. The number of aliphatic hydroxyl groups is 1. The molecule has 0 fully saturated rings. The molecule has 8 nitrogen and oxygen atoms in total. The van der Waals surface area contributed by atoms with E-state index in [0.29, 0.717) is 17.0 Å². The van der Waals surface area contributed by atoms with Gasteiger partial charge in [-0.15, -0.1) is 0 Å². The van der Waals surface area contributed by atoms with E-state index in [9.17, 15) is 9.90 Å². The summed E-state index contributed by atoms with van der Waals surface area (Å²) in [7, 11) is 0. The summed E-state index contributed by atoms with van der Waals surface area (Å²) in [5, 5.41) is 22.2. The van der Waals surface area contributed by atoms with E-state index in [1.165, 1.54) is 0 Å². The van der Waals surface area contributed by atoms with Crippen LogP contribution in [0.15, 0.2) is 36.7 Å². The highest BCUT2D eigenvalue weighted by atomic mass is 16.3. The van der Waals surface area contributed by atoms with Crippen molar-refractivity contribution in [2.45, 2.75) is 19.6 Å². The van der Waals surface area contributed by atoms with Gasteiger partial charge in [-0.05, 0) is 19.1 Å². The summed E-state index contributed by atoms with van der Waals surface area (Å²) in [4.78, 5) is 20.5. The molecule has 1 atom stereocenters. The second-order valence-corrected chi connectivity index (χ2v) is 5.02. The fourth-order valence-electron chi connectivity index (χ4n) is 2.25. The van der Waals surface area contributed by atoms with Crippen LogP contribution in [0.25, 0.3) is 10.9 Å². The molecule has 0 aromatic carbocycles. The van der Waals surface area contributed by atoms with Gasteiger partial charge < -0.3 is 10.4 Å². The van der Waals surface area contributed by atoms with Crippen molar-refractivity contribution in [2.75, 3.05) is 5.32 Å². The standard InChI is InChI=1S/C15H16N6O2/c1-9(11-4-2-3-5-16-11)18-15(23)20-14-6-12-10(7-17-21-12)13(8-22)19-14/h2-7,9,22H,8H2,1H3,(H,17,21)(H2,18,19,20,23). The molecule has 2 amide bonds. The van der Waals surface area contributed by atoms with Gasteiger partial charge in [0, 0.05) is 17.6 Å². The molecule has 8 heteroatoms. The summed E-state index contributed by atoms with van der Waals surface area (Å²) >= 11 is 0. The lowest BCUT2D eigenvalue weighted by molar-refractivity contribution is 0.249. The fraction of sp³-hybridized carbons (Fsp3) is 0.200. The zero-order chi connectivity index (χ0) is 16.2. The van der Waals surface area contributed by atoms with Crippen molar-refractivity contribution in [3.05, 3.63) is 48.0 Å². The molecule has 0 aliphatic carbocycles. The van der Waals surface area contributed by atoms with Gasteiger partial charge in [0.25, 0.3) is 0 Å². The van der Waals surface area contributed by atoms with Crippen LogP contribution in [0, 0.1) is 0 Å². The average Bonchev–Trinajstić information content (AvgIpc) is 3.03. The van der Waals surface area contributed by atoms with Gasteiger partial charge in [0.1, 0.15) is 5.82 Å². The molecule has 0 radical (unpaired) electrons. The van der Waals surface area contributed by atoms with Crippen molar-refractivity contribution in [1.82, 2.24) is 25.5 Å². The van der Waals surface area contributed by atoms with Gasteiger partial charge in [-0.3, -0.25) is 15.4 Å². The van der Waals surface area contributed by atoms with E-state index >= 15 is 0 Å². The van der Waals surface area contributed by atoms with Gasteiger partial charge in [0.2, 0.25) is 0 Å². The summed E-state index contributed by atoms with van der Waals surface area (Å²) < 4.78 is 0. The van der Waals surface area contributed by atoms with Crippen LogP contribution in [0.2, 0.25) is 0 Å². The number of carbonyl (C=O) groups excluding carboxylic acids is 1. The molecule has 1 unspecified atom stereocenters. The van der Waals surface area contributed by atoms with E-state index < -0.39 is 6.03 Å². The number of aliphatic hydroxyl groups excluding tert-OH is 1. The summed E-state index contributed by atoms with van der Waals surface area (Å²) in [6.45, 7) is 1.60. The molecule has 0 bridgehead atoms. The van der Waals surface area contributed by atoms with Crippen molar-refractivity contribution < 1.29 is 9.90 Å². The SMILES string of the molecule is CC(NC(=O)Nc1cc2[nH]ncc2c(CO)n1)c1ccccn1. The van der Waals surface area contributed by atoms with E-state index in [2.05, 4.69) is 30.8 Å². The van der Waals surface area contributed by atoms with Crippen LogP contribution in [0.3, 0.4) is 0 Å². The number of nitrogens with zero attached hydrogens (tertiary/aromatic N) is 3. The van der Waals surface area contributed by atoms with Gasteiger partial charge in [0.15, 0.2) is 0 Å². The number of anilines is 1. The Morgan fingerprint density at radius 1 is 1.43 bits per heavy atom. The zero-order valence-electron chi connectivity index (χ0n) is 12.4. The number of fused-ring (bicyclic) bond motifs is 1. The number of carbonyl (C=O) groups is 1. The molecule has 3 rings (SSSR count). The lowest BCUT2D eigenvalue weighted by Crippen LogP contribution is -2.31. The number of aromatic amines is 1. The first kappa shape index (κ1) is 14.9. The molecule has 118 valence electrons. The predicted octanol–water partition coefficient (Wildman–Crippen LogP) is 1.73. The van der Waals surface area contributed by atoms with Gasteiger partial charge in [-0.1, -0.05) is 6.07 Å². The van der Waals surface area contributed by atoms with Crippen molar-refractivity contribution in [1.29, 1.82) is 0 Å². The zero-order valence-corrected chi connectivity index (χ0v) is 12.4. The number of H-pyrrole nitrogens is 1. The summed E-state index contributed by atoms with van der Waals surface area (Å²) in [6, 6.07) is 6.52. The van der Waals surface area contributed by atoms with Crippen molar-refractivity contribution in [2.24, 2.45) is 0 Å². The highest BCUT2D eigenvalue weighted by molar-refractivity contribution is 5.91.